The normalized spacial score (nSPS) is 10.5. The van der Waals surface area contributed by atoms with E-state index in [4.69, 9.17) is 0 Å². The summed E-state index contributed by atoms with van der Waals surface area (Å²) in [6, 6.07) is 1.91. The molecule has 0 amide bonds. The van der Waals surface area contributed by atoms with E-state index in [1.807, 2.05) is 32.3 Å². The maximum Gasteiger partial charge on any atom is 0.159 e. The van der Waals surface area contributed by atoms with Gasteiger partial charge in [-0.25, -0.2) is 14.6 Å². The van der Waals surface area contributed by atoms with E-state index in [0.717, 1.165) is 36.0 Å². The van der Waals surface area contributed by atoms with E-state index in [1.165, 1.54) is 0 Å². The van der Waals surface area contributed by atoms with Crippen molar-refractivity contribution in [2.45, 2.75) is 27.2 Å². The molecule has 1 N–H and O–H groups in total. The molecule has 0 aliphatic carbocycles. The Morgan fingerprint density at radius 2 is 2.12 bits per heavy atom. The molecule has 0 unspecified atom stereocenters. The third kappa shape index (κ3) is 2.81. The third-order valence-electron chi connectivity index (χ3n) is 2.33. The Bertz CT molecular complexity index is 503. The molecule has 17 heavy (non-hydrogen) atoms. The van der Waals surface area contributed by atoms with E-state index < -0.39 is 0 Å². The average molecular weight is 231 g/mol. The second kappa shape index (κ2) is 4.95. The zero-order valence-corrected chi connectivity index (χ0v) is 10.4. The zero-order chi connectivity index (χ0) is 12.3. The highest BCUT2D eigenvalue weighted by Crippen LogP contribution is 2.11. The number of hydrogen-bond donors (Lipinski definition) is 1. The van der Waals surface area contributed by atoms with Gasteiger partial charge in [-0.1, -0.05) is 6.92 Å². The molecule has 0 fully saturated rings. The zero-order valence-electron chi connectivity index (χ0n) is 10.4. The molecule has 0 saturated carbocycles. The van der Waals surface area contributed by atoms with Crippen molar-refractivity contribution in [3.63, 3.8) is 0 Å². The molecule has 0 saturated heterocycles. The van der Waals surface area contributed by atoms with Crippen molar-refractivity contribution < 1.29 is 0 Å². The fourth-order valence-corrected chi connectivity index (χ4v) is 1.55. The van der Waals surface area contributed by atoms with E-state index in [9.17, 15) is 0 Å². The monoisotopic (exact) mass is 231 g/mol. The first-order chi connectivity index (χ1) is 8.19. The van der Waals surface area contributed by atoms with Gasteiger partial charge < -0.3 is 5.32 Å². The molecule has 5 heteroatoms. The summed E-state index contributed by atoms with van der Waals surface area (Å²) in [5, 5.41) is 7.51. The Hall–Kier alpha value is -1.91. The van der Waals surface area contributed by atoms with Crippen LogP contribution in [0.1, 0.15) is 24.7 Å². The highest BCUT2D eigenvalue weighted by Gasteiger charge is 2.04. The molecule has 5 nitrogen and oxygen atoms in total. The van der Waals surface area contributed by atoms with Gasteiger partial charge in [0.2, 0.25) is 0 Å². The summed E-state index contributed by atoms with van der Waals surface area (Å²) in [5.74, 6) is 2.39. The number of aromatic nitrogens is 4. The van der Waals surface area contributed by atoms with Gasteiger partial charge in [-0.15, -0.1) is 0 Å². The van der Waals surface area contributed by atoms with Crippen molar-refractivity contribution in [2.75, 3.05) is 11.9 Å². The summed E-state index contributed by atoms with van der Waals surface area (Å²) < 4.78 is 1.77. The number of rotatable bonds is 4. The third-order valence-corrected chi connectivity index (χ3v) is 2.33. The van der Waals surface area contributed by atoms with Gasteiger partial charge in [-0.2, -0.15) is 5.10 Å². The van der Waals surface area contributed by atoms with Crippen molar-refractivity contribution in [3.05, 3.63) is 29.8 Å². The quantitative estimate of drug-likeness (QED) is 0.875. The Morgan fingerprint density at radius 3 is 2.76 bits per heavy atom. The van der Waals surface area contributed by atoms with Crippen molar-refractivity contribution in [3.8, 4) is 5.82 Å². The van der Waals surface area contributed by atoms with Gasteiger partial charge >= 0.3 is 0 Å². The molecule has 2 aromatic heterocycles. The van der Waals surface area contributed by atoms with Crippen LogP contribution in [-0.4, -0.2) is 26.3 Å². The van der Waals surface area contributed by atoms with E-state index in [1.54, 1.807) is 4.68 Å². The minimum absolute atomic E-state index is 0.745. The van der Waals surface area contributed by atoms with Gasteiger partial charge in [0.25, 0.3) is 0 Å². The Morgan fingerprint density at radius 1 is 1.29 bits per heavy atom. The van der Waals surface area contributed by atoms with Crippen LogP contribution < -0.4 is 5.32 Å². The minimum Gasteiger partial charge on any atom is -0.370 e. The fourth-order valence-electron chi connectivity index (χ4n) is 1.55. The van der Waals surface area contributed by atoms with Crippen molar-refractivity contribution in [2.24, 2.45) is 0 Å². The molecule has 2 aromatic rings. The number of hydrogen-bond acceptors (Lipinski definition) is 4. The number of anilines is 1. The van der Waals surface area contributed by atoms with Crippen LogP contribution in [0.5, 0.6) is 0 Å². The lowest BCUT2D eigenvalue weighted by Gasteiger charge is -2.07. The highest BCUT2D eigenvalue weighted by molar-refractivity contribution is 5.41. The molecule has 0 aliphatic rings. The summed E-state index contributed by atoms with van der Waals surface area (Å²) in [4.78, 5) is 8.72. The average Bonchev–Trinajstić information content (AvgIpc) is 2.72. The summed E-state index contributed by atoms with van der Waals surface area (Å²) in [5.41, 5.74) is 1.12. The van der Waals surface area contributed by atoms with Crippen LogP contribution in [0.15, 0.2) is 18.5 Å². The van der Waals surface area contributed by atoms with Crippen molar-refractivity contribution in [1.29, 1.82) is 0 Å². The molecule has 2 rings (SSSR count). The Balaban J connectivity index is 2.31. The molecular weight excluding hydrogens is 214 g/mol. The molecule has 0 bridgehead atoms. The topological polar surface area (TPSA) is 55.6 Å². The Kier molecular flexibility index (Phi) is 3.37. The smallest absolute Gasteiger partial charge is 0.159 e. The molecule has 2 heterocycles. The summed E-state index contributed by atoms with van der Waals surface area (Å²) in [7, 11) is 0. The molecule has 0 spiro atoms. The van der Waals surface area contributed by atoms with Gasteiger partial charge in [0.1, 0.15) is 11.6 Å². The summed E-state index contributed by atoms with van der Waals surface area (Å²) in [6.07, 6.45) is 4.83. The highest BCUT2D eigenvalue weighted by atomic mass is 15.3. The lowest BCUT2D eigenvalue weighted by atomic mass is 10.4. The number of nitrogens with one attached hydrogen (secondary N) is 1. The number of aryl methyl sites for hydroxylation is 2. The van der Waals surface area contributed by atoms with E-state index in [0.29, 0.717) is 0 Å². The van der Waals surface area contributed by atoms with Gasteiger partial charge in [-0.05, 0) is 25.8 Å². The first-order valence-corrected chi connectivity index (χ1v) is 5.80. The van der Waals surface area contributed by atoms with Crippen LogP contribution in [0, 0.1) is 13.8 Å². The Labute approximate surface area is 101 Å². The van der Waals surface area contributed by atoms with Crippen LogP contribution in [-0.2, 0) is 0 Å². The van der Waals surface area contributed by atoms with Gasteiger partial charge in [0.05, 0.1) is 6.20 Å². The van der Waals surface area contributed by atoms with Gasteiger partial charge in [0, 0.05) is 18.8 Å². The predicted molar refractivity (Wildman–Crippen MR) is 67.4 cm³/mol. The summed E-state index contributed by atoms with van der Waals surface area (Å²) in [6.45, 7) is 6.93. The largest absolute Gasteiger partial charge is 0.370 e. The van der Waals surface area contributed by atoms with Crippen LogP contribution in [0.2, 0.25) is 0 Å². The van der Waals surface area contributed by atoms with Crippen molar-refractivity contribution in [1.82, 2.24) is 19.7 Å². The van der Waals surface area contributed by atoms with E-state index >= 15 is 0 Å². The van der Waals surface area contributed by atoms with Gasteiger partial charge in [0.15, 0.2) is 5.82 Å². The molecule has 0 aromatic carbocycles. The molecule has 0 radical (unpaired) electrons. The lowest BCUT2D eigenvalue weighted by molar-refractivity contribution is 0.826. The molecule has 0 aliphatic heterocycles. The second-order valence-corrected chi connectivity index (χ2v) is 4.05. The second-order valence-electron chi connectivity index (χ2n) is 4.05. The molecule has 0 atom stereocenters. The fraction of sp³-hybridized carbons (Fsp3) is 0.417. The summed E-state index contributed by atoms with van der Waals surface area (Å²) >= 11 is 0. The maximum atomic E-state index is 4.37. The first-order valence-electron chi connectivity index (χ1n) is 5.80. The predicted octanol–water partition coefficient (Wildman–Crippen LogP) is 2.10. The maximum absolute atomic E-state index is 4.37. The van der Waals surface area contributed by atoms with Crippen LogP contribution in [0.25, 0.3) is 5.82 Å². The number of nitrogens with zero attached hydrogens (tertiary/aromatic N) is 4. The molecule has 90 valence electrons. The first kappa shape index (κ1) is 11.6. The minimum atomic E-state index is 0.745. The van der Waals surface area contributed by atoms with E-state index in [-0.39, 0.29) is 0 Å². The van der Waals surface area contributed by atoms with Crippen LogP contribution in [0.3, 0.4) is 0 Å². The standard InChI is InChI=1S/C12H17N5/c1-4-5-13-11-6-12(16-10(3)15-11)17-8-9(2)7-14-17/h6-8H,4-5H2,1-3H3,(H,13,15,16). The van der Waals surface area contributed by atoms with Crippen LogP contribution >= 0.6 is 0 Å². The van der Waals surface area contributed by atoms with Crippen molar-refractivity contribution >= 4 is 5.82 Å². The van der Waals surface area contributed by atoms with E-state index in [2.05, 4.69) is 27.3 Å². The van der Waals surface area contributed by atoms with Crippen LogP contribution in [0.4, 0.5) is 5.82 Å². The SMILES string of the molecule is CCCNc1cc(-n2cc(C)cn2)nc(C)n1. The molecular formula is C12H17N5. The van der Waals surface area contributed by atoms with Gasteiger partial charge in [-0.3, -0.25) is 0 Å². The lowest BCUT2D eigenvalue weighted by Crippen LogP contribution is -2.07.